The van der Waals surface area contributed by atoms with Gasteiger partial charge >= 0.3 is 6.09 Å². The van der Waals surface area contributed by atoms with Crippen LogP contribution in [0.4, 0.5) is 4.79 Å². The number of carbonyl (C=O) groups is 1. The number of carbonyl (C=O) groups excluding carboxylic acids is 1. The average Bonchev–Trinajstić information content (AvgIpc) is 3.28. The third-order valence-corrected chi connectivity index (χ3v) is 5.73. The number of fused-ring (bicyclic) bond motifs is 1. The maximum Gasteiger partial charge on any atom is 0.410 e. The van der Waals surface area contributed by atoms with E-state index in [0.717, 1.165) is 24.5 Å². The van der Waals surface area contributed by atoms with Crippen molar-refractivity contribution in [3.63, 3.8) is 0 Å². The molecular formula is C22H29N3O2. The highest BCUT2D eigenvalue weighted by molar-refractivity contribution is 5.69. The molecule has 27 heavy (non-hydrogen) atoms. The quantitative estimate of drug-likeness (QED) is 0.759. The molecule has 1 saturated heterocycles. The predicted octanol–water partition coefficient (Wildman–Crippen LogP) is 4.89. The van der Waals surface area contributed by atoms with Crippen LogP contribution in [0.15, 0.2) is 36.7 Å². The van der Waals surface area contributed by atoms with Gasteiger partial charge in [-0.1, -0.05) is 18.6 Å². The monoisotopic (exact) mass is 367 g/mol. The molecule has 1 aromatic heterocycles. The van der Waals surface area contributed by atoms with Gasteiger partial charge in [0, 0.05) is 24.6 Å². The van der Waals surface area contributed by atoms with E-state index in [-0.39, 0.29) is 12.1 Å². The van der Waals surface area contributed by atoms with Crippen LogP contribution >= 0.6 is 0 Å². The summed E-state index contributed by atoms with van der Waals surface area (Å²) in [5, 5.41) is 0. The van der Waals surface area contributed by atoms with Crippen LogP contribution in [-0.2, 0) is 4.74 Å². The van der Waals surface area contributed by atoms with Crippen LogP contribution in [0, 0.1) is 18.8 Å². The molecule has 0 bridgehead atoms. The Labute approximate surface area is 161 Å². The highest BCUT2D eigenvalue weighted by atomic mass is 16.6. The standard InChI is InChI=1S/C22H29N3O2/c1-15-7-5-9-17(13-15)24-12-11-23-20(24)19-18-10-6-8-16(18)14-25(19)21(26)27-22(2,3)4/h5,7,9,11-13,16,18-19H,6,8,10,14H2,1-4H3/t16?,18?,19-/m0/s1. The van der Waals surface area contributed by atoms with Crippen LogP contribution in [0.1, 0.15) is 57.5 Å². The minimum Gasteiger partial charge on any atom is -0.444 e. The summed E-state index contributed by atoms with van der Waals surface area (Å²) in [4.78, 5) is 19.6. The second-order valence-corrected chi connectivity index (χ2v) is 8.93. The summed E-state index contributed by atoms with van der Waals surface area (Å²) in [6.07, 6.45) is 7.19. The molecule has 1 saturated carbocycles. The predicted molar refractivity (Wildman–Crippen MR) is 105 cm³/mol. The van der Waals surface area contributed by atoms with Gasteiger partial charge < -0.3 is 9.30 Å². The Morgan fingerprint density at radius 2 is 2.07 bits per heavy atom. The van der Waals surface area contributed by atoms with Crippen molar-refractivity contribution in [3.8, 4) is 5.69 Å². The molecule has 1 aliphatic heterocycles. The van der Waals surface area contributed by atoms with Gasteiger partial charge in [0.1, 0.15) is 11.4 Å². The van der Waals surface area contributed by atoms with Gasteiger partial charge in [0.05, 0.1) is 6.04 Å². The lowest BCUT2D eigenvalue weighted by Crippen LogP contribution is -2.38. The maximum atomic E-state index is 13.0. The van der Waals surface area contributed by atoms with Crippen molar-refractivity contribution in [2.45, 2.75) is 58.6 Å². The maximum absolute atomic E-state index is 13.0. The molecule has 2 unspecified atom stereocenters. The smallest absolute Gasteiger partial charge is 0.410 e. The van der Waals surface area contributed by atoms with Crippen molar-refractivity contribution in [3.05, 3.63) is 48.0 Å². The topological polar surface area (TPSA) is 47.4 Å². The molecule has 4 rings (SSSR count). The van der Waals surface area contributed by atoms with Crippen molar-refractivity contribution in [2.24, 2.45) is 11.8 Å². The normalized spacial score (nSPS) is 24.9. The summed E-state index contributed by atoms with van der Waals surface area (Å²) in [5.74, 6) is 1.95. The fraction of sp³-hybridized carbons (Fsp3) is 0.545. The van der Waals surface area contributed by atoms with E-state index < -0.39 is 5.60 Å². The first-order chi connectivity index (χ1) is 12.8. The van der Waals surface area contributed by atoms with Gasteiger partial charge in [0.25, 0.3) is 0 Å². The highest BCUT2D eigenvalue weighted by Crippen LogP contribution is 2.49. The van der Waals surface area contributed by atoms with Gasteiger partial charge in [0.15, 0.2) is 0 Å². The fourth-order valence-corrected chi connectivity index (χ4v) is 4.67. The van der Waals surface area contributed by atoms with E-state index in [2.05, 4.69) is 35.8 Å². The average molecular weight is 367 g/mol. The molecule has 2 aromatic rings. The molecule has 0 radical (unpaired) electrons. The van der Waals surface area contributed by atoms with Crippen LogP contribution < -0.4 is 0 Å². The number of ether oxygens (including phenoxy) is 1. The summed E-state index contributed by atoms with van der Waals surface area (Å²) < 4.78 is 7.86. The van der Waals surface area contributed by atoms with E-state index in [1.54, 1.807) is 0 Å². The van der Waals surface area contributed by atoms with Crippen LogP contribution in [0.3, 0.4) is 0 Å². The molecule has 1 aromatic carbocycles. The molecule has 3 atom stereocenters. The minimum absolute atomic E-state index is 0.0251. The number of imidazole rings is 1. The van der Waals surface area contributed by atoms with Crippen LogP contribution in [-0.4, -0.2) is 32.7 Å². The van der Waals surface area contributed by atoms with Crippen molar-refractivity contribution in [1.82, 2.24) is 14.5 Å². The molecule has 5 nitrogen and oxygen atoms in total. The zero-order chi connectivity index (χ0) is 19.2. The van der Waals surface area contributed by atoms with Gasteiger partial charge in [-0.2, -0.15) is 0 Å². The number of nitrogens with zero attached hydrogens (tertiary/aromatic N) is 3. The number of likely N-dealkylation sites (tertiary alicyclic amines) is 1. The lowest BCUT2D eigenvalue weighted by Gasteiger charge is -2.30. The second-order valence-electron chi connectivity index (χ2n) is 8.93. The number of amides is 1. The Morgan fingerprint density at radius 3 is 2.81 bits per heavy atom. The van der Waals surface area contributed by atoms with Crippen molar-refractivity contribution < 1.29 is 9.53 Å². The zero-order valence-electron chi connectivity index (χ0n) is 16.7. The summed E-state index contributed by atoms with van der Waals surface area (Å²) in [7, 11) is 0. The summed E-state index contributed by atoms with van der Waals surface area (Å²) >= 11 is 0. The number of rotatable bonds is 2. The highest BCUT2D eigenvalue weighted by Gasteiger charge is 2.49. The van der Waals surface area contributed by atoms with E-state index in [1.807, 2.05) is 38.1 Å². The molecule has 144 valence electrons. The van der Waals surface area contributed by atoms with E-state index in [4.69, 9.17) is 9.72 Å². The third-order valence-electron chi connectivity index (χ3n) is 5.73. The van der Waals surface area contributed by atoms with Crippen LogP contribution in [0.25, 0.3) is 5.69 Å². The Balaban J connectivity index is 1.72. The Morgan fingerprint density at radius 1 is 1.26 bits per heavy atom. The number of aromatic nitrogens is 2. The third kappa shape index (κ3) is 3.47. The Hall–Kier alpha value is -2.30. The second kappa shape index (κ2) is 6.70. The molecule has 2 aliphatic rings. The molecule has 1 aliphatic carbocycles. The van der Waals surface area contributed by atoms with E-state index in [9.17, 15) is 4.79 Å². The van der Waals surface area contributed by atoms with Crippen molar-refractivity contribution in [2.75, 3.05) is 6.54 Å². The molecular weight excluding hydrogens is 338 g/mol. The van der Waals surface area contributed by atoms with Crippen molar-refractivity contribution in [1.29, 1.82) is 0 Å². The molecule has 1 amide bonds. The Bertz CT molecular complexity index is 836. The van der Waals surface area contributed by atoms with E-state index >= 15 is 0 Å². The molecule has 0 spiro atoms. The first-order valence-corrected chi connectivity index (χ1v) is 9.93. The number of benzene rings is 1. The van der Waals surface area contributed by atoms with Crippen molar-refractivity contribution >= 4 is 6.09 Å². The van der Waals surface area contributed by atoms with Gasteiger partial charge in [0.2, 0.25) is 0 Å². The number of hydrogen-bond donors (Lipinski definition) is 0. The summed E-state index contributed by atoms with van der Waals surface area (Å²) in [5.41, 5.74) is 1.81. The number of hydrogen-bond acceptors (Lipinski definition) is 3. The zero-order valence-corrected chi connectivity index (χ0v) is 16.7. The molecule has 2 fully saturated rings. The molecule has 0 N–H and O–H groups in total. The first-order valence-electron chi connectivity index (χ1n) is 9.93. The summed E-state index contributed by atoms with van der Waals surface area (Å²) in [6, 6.07) is 8.38. The minimum atomic E-state index is -0.495. The van der Waals surface area contributed by atoms with Crippen LogP contribution in [0.5, 0.6) is 0 Å². The lowest BCUT2D eigenvalue weighted by molar-refractivity contribution is 0.0190. The van der Waals surface area contributed by atoms with Gasteiger partial charge in [-0.05, 0) is 70.1 Å². The van der Waals surface area contributed by atoms with Crippen LogP contribution in [0.2, 0.25) is 0 Å². The van der Waals surface area contributed by atoms with Gasteiger partial charge in [-0.25, -0.2) is 9.78 Å². The van der Waals surface area contributed by atoms with E-state index in [0.29, 0.717) is 11.8 Å². The van der Waals surface area contributed by atoms with Gasteiger partial charge in [-0.15, -0.1) is 0 Å². The largest absolute Gasteiger partial charge is 0.444 e. The fourth-order valence-electron chi connectivity index (χ4n) is 4.67. The summed E-state index contributed by atoms with van der Waals surface area (Å²) in [6.45, 7) is 8.63. The van der Waals surface area contributed by atoms with E-state index in [1.165, 1.54) is 18.4 Å². The lowest BCUT2D eigenvalue weighted by atomic mass is 9.93. The first kappa shape index (κ1) is 18.1. The van der Waals surface area contributed by atoms with Gasteiger partial charge in [-0.3, -0.25) is 4.90 Å². The Kier molecular flexibility index (Phi) is 4.49. The molecule has 5 heteroatoms. The SMILES string of the molecule is Cc1cccc(-n2ccnc2[C@@H]2C3CCCC3CN2C(=O)OC(C)(C)C)c1. The molecule has 2 heterocycles. The number of aryl methyl sites for hydroxylation is 1.